The summed E-state index contributed by atoms with van der Waals surface area (Å²) >= 11 is 0. The summed E-state index contributed by atoms with van der Waals surface area (Å²) in [6.45, 7) is 3.80. The van der Waals surface area contributed by atoms with Gasteiger partial charge in [-0.05, 0) is 19.1 Å². The highest BCUT2D eigenvalue weighted by Gasteiger charge is 2.38. The molecule has 2 aliphatic rings. The lowest BCUT2D eigenvalue weighted by atomic mass is 10.0. The molecule has 134 valence electrons. The van der Waals surface area contributed by atoms with Crippen LogP contribution in [0.1, 0.15) is 24.4 Å². The van der Waals surface area contributed by atoms with Gasteiger partial charge in [-0.15, -0.1) is 0 Å². The van der Waals surface area contributed by atoms with E-state index in [9.17, 15) is 19.2 Å². The van der Waals surface area contributed by atoms with Crippen LogP contribution in [0.15, 0.2) is 16.5 Å². The number of likely N-dealkylation sites (tertiary alicyclic amines) is 1. The van der Waals surface area contributed by atoms with E-state index in [4.69, 9.17) is 4.42 Å². The first-order valence-electron chi connectivity index (χ1n) is 8.03. The lowest BCUT2D eigenvalue weighted by molar-refractivity contribution is -0.128. The number of imide groups is 1. The molecule has 1 aromatic rings. The molecule has 0 bridgehead atoms. The maximum absolute atomic E-state index is 12.3. The molecule has 9 heteroatoms. The van der Waals surface area contributed by atoms with Gasteiger partial charge in [-0.25, -0.2) is 4.79 Å². The molecule has 2 unspecified atom stereocenters. The maximum atomic E-state index is 12.3. The number of nitrogens with zero attached hydrogens (tertiary/aromatic N) is 2. The normalized spacial score (nSPS) is 23.1. The van der Waals surface area contributed by atoms with Crippen molar-refractivity contribution in [3.05, 3.63) is 23.7 Å². The molecule has 9 nitrogen and oxygen atoms in total. The van der Waals surface area contributed by atoms with Gasteiger partial charge >= 0.3 is 6.03 Å². The predicted molar refractivity (Wildman–Crippen MR) is 85.5 cm³/mol. The second kappa shape index (κ2) is 6.58. The summed E-state index contributed by atoms with van der Waals surface area (Å²) in [7, 11) is 0. The predicted octanol–water partition coefficient (Wildman–Crippen LogP) is -0.430. The Morgan fingerprint density at radius 2 is 2.08 bits per heavy atom. The van der Waals surface area contributed by atoms with Crippen LogP contribution in [-0.4, -0.2) is 65.8 Å². The van der Waals surface area contributed by atoms with Crippen molar-refractivity contribution in [2.45, 2.75) is 25.8 Å². The molecule has 2 aliphatic heterocycles. The summed E-state index contributed by atoms with van der Waals surface area (Å²) in [5.74, 6) is 0.429. The van der Waals surface area contributed by atoms with Gasteiger partial charge < -0.3 is 19.5 Å². The van der Waals surface area contributed by atoms with Crippen molar-refractivity contribution in [3.63, 3.8) is 0 Å². The van der Waals surface area contributed by atoms with E-state index in [1.807, 2.05) is 19.1 Å². The third kappa shape index (κ3) is 3.65. The number of hydrogen-bond donors (Lipinski definition) is 2. The zero-order valence-electron chi connectivity index (χ0n) is 14.1. The molecule has 0 spiro atoms. The van der Waals surface area contributed by atoms with Gasteiger partial charge in [-0.2, -0.15) is 0 Å². The molecule has 5 amide bonds. The van der Waals surface area contributed by atoms with Crippen LogP contribution < -0.4 is 10.6 Å². The second-order valence-electron chi connectivity index (χ2n) is 6.36. The average Bonchev–Trinajstić information content (AvgIpc) is 3.19. The Bertz CT molecular complexity index is 728. The summed E-state index contributed by atoms with van der Waals surface area (Å²) < 4.78 is 5.66. The number of hydrogen-bond acceptors (Lipinski definition) is 5. The van der Waals surface area contributed by atoms with Gasteiger partial charge in [0.1, 0.15) is 24.6 Å². The quantitative estimate of drug-likeness (QED) is 0.717. The van der Waals surface area contributed by atoms with Gasteiger partial charge in [0.15, 0.2) is 0 Å². The molecule has 25 heavy (non-hydrogen) atoms. The van der Waals surface area contributed by atoms with Crippen LogP contribution in [0.5, 0.6) is 0 Å². The van der Waals surface area contributed by atoms with Crippen LogP contribution in [0.4, 0.5) is 4.79 Å². The van der Waals surface area contributed by atoms with Crippen LogP contribution >= 0.6 is 0 Å². The lowest BCUT2D eigenvalue weighted by Crippen LogP contribution is -2.45. The summed E-state index contributed by atoms with van der Waals surface area (Å²) in [6.07, 6.45) is 0. The summed E-state index contributed by atoms with van der Waals surface area (Å²) in [4.78, 5) is 49.5. The number of rotatable bonds is 4. The highest BCUT2D eigenvalue weighted by molar-refractivity contribution is 6.03. The Morgan fingerprint density at radius 1 is 1.32 bits per heavy atom. The fraction of sp³-hybridized carbons (Fsp3) is 0.500. The van der Waals surface area contributed by atoms with E-state index >= 15 is 0 Å². The van der Waals surface area contributed by atoms with Gasteiger partial charge in [0.05, 0.1) is 12.0 Å². The standard InChI is InChI=1S/C16H20N4O5/c1-9-3-4-13(25-9)11-5-19(10(2)21)6-12(11)17-14(22)7-20-8-15(23)18-16(20)24/h3-4,11-12H,5-8H2,1-2H3,(H,17,22)(H,18,23,24). The van der Waals surface area contributed by atoms with Gasteiger partial charge in [0.2, 0.25) is 17.7 Å². The Labute approximate surface area is 144 Å². The van der Waals surface area contributed by atoms with Crippen LogP contribution in [0, 0.1) is 6.92 Å². The molecule has 2 saturated heterocycles. The van der Waals surface area contributed by atoms with E-state index < -0.39 is 11.9 Å². The van der Waals surface area contributed by atoms with Crippen molar-refractivity contribution in [1.82, 2.24) is 20.4 Å². The topological polar surface area (TPSA) is 112 Å². The zero-order valence-corrected chi connectivity index (χ0v) is 14.1. The molecule has 0 aliphatic carbocycles. The van der Waals surface area contributed by atoms with Crippen molar-refractivity contribution in [3.8, 4) is 0 Å². The van der Waals surface area contributed by atoms with E-state index in [2.05, 4.69) is 10.6 Å². The monoisotopic (exact) mass is 348 g/mol. The Morgan fingerprint density at radius 3 is 2.64 bits per heavy atom. The van der Waals surface area contributed by atoms with Crippen LogP contribution in [0.2, 0.25) is 0 Å². The molecule has 1 aromatic heterocycles. The third-order valence-electron chi connectivity index (χ3n) is 4.44. The van der Waals surface area contributed by atoms with Crippen molar-refractivity contribution >= 4 is 23.8 Å². The third-order valence-corrected chi connectivity index (χ3v) is 4.44. The number of furan rings is 1. The maximum Gasteiger partial charge on any atom is 0.325 e. The molecule has 2 atom stereocenters. The fourth-order valence-corrected chi connectivity index (χ4v) is 3.18. The molecule has 0 radical (unpaired) electrons. The number of amides is 5. The highest BCUT2D eigenvalue weighted by Crippen LogP contribution is 2.29. The minimum absolute atomic E-state index is 0.0745. The van der Waals surface area contributed by atoms with Gasteiger partial charge in [-0.3, -0.25) is 19.7 Å². The van der Waals surface area contributed by atoms with Crippen molar-refractivity contribution < 1.29 is 23.6 Å². The molecule has 3 heterocycles. The molecule has 0 saturated carbocycles. The number of nitrogens with one attached hydrogen (secondary N) is 2. The first-order chi connectivity index (χ1) is 11.8. The number of urea groups is 1. The Balaban J connectivity index is 1.67. The minimum Gasteiger partial charge on any atom is -0.466 e. The van der Waals surface area contributed by atoms with E-state index in [1.165, 1.54) is 6.92 Å². The van der Waals surface area contributed by atoms with E-state index in [0.717, 1.165) is 10.7 Å². The molecular weight excluding hydrogens is 328 g/mol. The van der Waals surface area contributed by atoms with Crippen LogP contribution in [0.3, 0.4) is 0 Å². The average molecular weight is 348 g/mol. The number of carbonyl (C=O) groups is 4. The Kier molecular flexibility index (Phi) is 4.47. The molecule has 3 rings (SSSR count). The van der Waals surface area contributed by atoms with Gasteiger partial charge in [0, 0.05) is 20.0 Å². The van der Waals surface area contributed by atoms with Crippen molar-refractivity contribution in [1.29, 1.82) is 0 Å². The Hall–Kier alpha value is -2.84. The van der Waals surface area contributed by atoms with Crippen LogP contribution in [-0.2, 0) is 14.4 Å². The molecule has 2 N–H and O–H groups in total. The first kappa shape index (κ1) is 17.0. The highest BCUT2D eigenvalue weighted by atomic mass is 16.3. The SMILES string of the molecule is CC(=O)N1CC(NC(=O)CN2CC(=O)NC2=O)C(c2ccc(C)o2)C1. The van der Waals surface area contributed by atoms with Gasteiger partial charge in [0.25, 0.3) is 0 Å². The smallest absolute Gasteiger partial charge is 0.325 e. The second-order valence-corrected chi connectivity index (χ2v) is 6.36. The first-order valence-corrected chi connectivity index (χ1v) is 8.03. The largest absolute Gasteiger partial charge is 0.466 e. The van der Waals surface area contributed by atoms with Crippen molar-refractivity contribution in [2.75, 3.05) is 26.2 Å². The number of aryl methyl sites for hydroxylation is 1. The fourth-order valence-electron chi connectivity index (χ4n) is 3.18. The van der Waals surface area contributed by atoms with E-state index in [1.54, 1.807) is 4.90 Å². The number of carbonyl (C=O) groups excluding carboxylic acids is 4. The molecular formula is C16H20N4O5. The van der Waals surface area contributed by atoms with Gasteiger partial charge in [-0.1, -0.05) is 0 Å². The zero-order chi connectivity index (χ0) is 18.1. The summed E-state index contributed by atoms with van der Waals surface area (Å²) in [6, 6.07) is 2.79. The lowest BCUT2D eigenvalue weighted by Gasteiger charge is -2.20. The molecule has 0 aromatic carbocycles. The van der Waals surface area contributed by atoms with Crippen molar-refractivity contribution in [2.24, 2.45) is 0 Å². The molecule has 2 fully saturated rings. The summed E-state index contributed by atoms with van der Waals surface area (Å²) in [5.41, 5.74) is 0. The van der Waals surface area contributed by atoms with E-state index in [-0.39, 0.29) is 36.9 Å². The van der Waals surface area contributed by atoms with E-state index in [0.29, 0.717) is 18.8 Å². The summed E-state index contributed by atoms with van der Waals surface area (Å²) in [5, 5.41) is 4.98. The minimum atomic E-state index is -0.574. The van der Waals surface area contributed by atoms with Crippen LogP contribution in [0.25, 0.3) is 0 Å².